The second-order valence-corrected chi connectivity index (χ2v) is 3.82. The highest BCUT2D eigenvalue weighted by Crippen LogP contribution is 2.30. The zero-order chi connectivity index (χ0) is 5.98. The molecule has 4 heteroatoms. The third-order valence-electron chi connectivity index (χ3n) is 0.765. The molecule has 0 unspecified atom stereocenters. The van der Waals surface area contributed by atoms with Crippen LogP contribution in [-0.4, -0.2) is 21.7 Å². The maximum Gasteiger partial charge on any atom is 0.246 e. The third kappa shape index (κ3) is 1.26. The molecule has 1 saturated heterocycles. The van der Waals surface area contributed by atoms with E-state index >= 15 is 0 Å². The lowest BCUT2D eigenvalue weighted by molar-refractivity contribution is -0.107. The van der Waals surface area contributed by atoms with Gasteiger partial charge in [0.25, 0.3) is 0 Å². The van der Waals surface area contributed by atoms with Crippen LogP contribution in [0.15, 0.2) is 0 Å². The van der Waals surface area contributed by atoms with Gasteiger partial charge in [0.1, 0.15) is 6.29 Å². The Morgan fingerprint density at radius 1 is 1.75 bits per heavy atom. The van der Waals surface area contributed by atoms with Gasteiger partial charge in [0.2, 0.25) is 4.45 Å². The van der Waals surface area contributed by atoms with Gasteiger partial charge in [0.15, 0.2) is 0 Å². The molecule has 1 fully saturated rings. The van der Waals surface area contributed by atoms with Crippen LogP contribution >= 0.6 is 23.5 Å². The van der Waals surface area contributed by atoms with Crippen molar-refractivity contribution in [3.8, 4) is 0 Å². The number of aldehydes is 1. The van der Waals surface area contributed by atoms with Gasteiger partial charge in [-0.1, -0.05) is 23.5 Å². The Bertz CT molecular complexity index is 123. The molecule has 1 aliphatic rings. The summed E-state index contributed by atoms with van der Waals surface area (Å²) in [6.45, 7) is 0. The Labute approximate surface area is 55.4 Å². The molecule has 0 amide bonds. The van der Waals surface area contributed by atoms with E-state index in [1.54, 1.807) is 0 Å². The van der Waals surface area contributed by atoms with E-state index in [2.05, 4.69) is 0 Å². The van der Waals surface area contributed by atoms with E-state index in [0.717, 1.165) is 18.0 Å². The molecule has 0 aromatic carbocycles. The molecule has 1 heterocycles. The van der Waals surface area contributed by atoms with Crippen LogP contribution in [0.5, 0.6) is 0 Å². The average molecular weight is 148 g/mol. The lowest BCUT2D eigenvalue weighted by Crippen LogP contribution is -2.00. The molecule has 0 N–H and O–H groups in total. The maximum absolute atomic E-state index is 10.4. The minimum Gasteiger partial charge on any atom is -0.302 e. The molecule has 0 saturated carbocycles. The summed E-state index contributed by atoms with van der Waals surface area (Å²) < 4.78 is 0.0714. The van der Waals surface area contributed by atoms with Crippen LogP contribution in [0.25, 0.3) is 0 Å². The molecule has 0 aromatic rings. The van der Waals surface area contributed by atoms with Crippen LogP contribution in [0.2, 0.25) is 0 Å². The van der Waals surface area contributed by atoms with Crippen molar-refractivity contribution < 1.29 is 9.59 Å². The van der Waals surface area contributed by atoms with Gasteiger partial charge >= 0.3 is 0 Å². The zero-order valence-corrected chi connectivity index (χ0v) is 5.63. The van der Waals surface area contributed by atoms with E-state index in [0.29, 0.717) is 5.75 Å². The van der Waals surface area contributed by atoms with Crippen LogP contribution in [0, 0.1) is 0 Å². The number of thioether (sulfide) groups is 2. The minimum atomic E-state index is -0.0764. The van der Waals surface area contributed by atoms with Crippen molar-refractivity contribution in [3.63, 3.8) is 0 Å². The van der Waals surface area contributed by atoms with E-state index in [-0.39, 0.29) is 9.70 Å². The van der Waals surface area contributed by atoms with E-state index in [1.807, 2.05) is 0 Å². The van der Waals surface area contributed by atoms with Gasteiger partial charge in [-0.3, -0.25) is 4.79 Å². The third-order valence-corrected chi connectivity index (χ3v) is 3.15. The van der Waals surface area contributed by atoms with Crippen LogP contribution in [-0.2, 0) is 4.79 Å². The van der Waals surface area contributed by atoms with Crippen molar-refractivity contribution in [2.45, 2.75) is 5.25 Å². The van der Waals surface area contributed by atoms with Gasteiger partial charge in [-0.25, -0.2) is 0 Å². The van der Waals surface area contributed by atoms with E-state index in [1.165, 1.54) is 11.8 Å². The smallest absolute Gasteiger partial charge is 0.246 e. The molecule has 1 atom stereocenters. The summed E-state index contributed by atoms with van der Waals surface area (Å²) in [5.74, 6) is 0.660. The zero-order valence-electron chi connectivity index (χ0n) is 3.99. The number of hydrogen-bond acceptors (Lipinski definition) is 4. The minimum absolute atomic E-state index is 0.0714. The number of rotatable bonds is 1. The Morgan fingerprint density at radius 2 is 2.50 bits per heavy atom. The molecule has 44 valence electrons. The van der Waals surface area contributed by atoms with Crippen molar-refractivity contribution in [2.75, 3.05) is 5.75 Å². The Kier molecular flexibility index (Phi) is 1.96. The number of carbonyl (C=O) groups is 2. The van der Waals surface area contributed by atoms with Gasteiger partial charge in [0.05, 0.1) is 5.25 Å². The van der Waals surface area contributed by atoms with Crippen molar-refractivity contribution in [1.29, 1.82) is 0 Å². The molecule has 0 aromatic heterocycles. The predicted molar refractivity (Wildman–Crippen MR) is 35.3 cm³/mol. The van der Waals surface area contributed by atoms with Crippen molar-refractivity contribution in [1.82, 2.24) is 0 Å². The summed E-state index contributed by atoms with van der Waals surface area (Å²) in [6, 6.07) is 0. The van der Waals surface area contributed by atoms with Gasteiger partial charge in [-0.2, -0.15) is 0 Å². The summed E-state index contributed by atoms with van der Waals surface area (Å²) in [7, 11) is 0. The normalized spacial score (nSPS) is 28.5. The SMILES string of the molecule is O=C[C@@H]1CSC(=O)S1. The van der Waals surface area contributed by atoms with Gasteiger partial charge in [-0.15, -0.1) is 0 Å². The van der Waals surface area contributed by atoms with Crippen LogP contribution in [0.4, 0.5) is 4.79 Å². The first-order chi connectivity index (χ1) is 3.83. The first-order valence-corrected chi connectivity index (χ1v) is 3.98. The van der Waals surface area contributed by atoms with Crippen molar-refractivity contribution >= 4 is 34.3 Å². The Hall–Kier alpha value is 0.0400. The summed E-state index contributed by atoms with van der Waals surface area (Å²) in [4.78, 5) is 20.3. The highest BCUT2D eigenvalue weighted by atomic mass is 32.2. The molecule has 2 nitrogen and oxygen atoms in total. The molecular weight excluding hydrogens is 144 g/mol. The quantitative estimate of drug-likeness (QED) is 0.522. The van der Waals surface area contributed by atoms with Gasteiger partial charge < -0.3 is 4.79 Å². The molecule has 0 radical (unpaired) electrons. The van der Waals surface area contributed by atoms with E-state index in [4.69, 9.17) is 0 Å². The molecule has 1 aliphatic heterocycles. The molecule has 0 bridgehead atoms. The van der Waals surface area contributed by atoms with E-state index in [9.17, 15) is 9.59 Å². The summed E-state index contributed by atoms with van der Waals surface area (Å²) >= 11 is 2.34. The Morgan fingerprint density at radius 3 is 2.75 bits per heavy atom. The van der Waals surface area contributed by atoms with Gasteiger partial charge in [0, 0.05) is 5.75 Å². The monoisotopic (exact) mass is 148 g/mol. The maximum atomic E-state index is 10.4. The first kappa shape index (κ1) is 6.16. The highest BCUT2D eigenvalue weighted by molar-refractivity contribution is 8.41. The topological polar surface area (TPSA) is 34.1 Å². The molecule has 0 spiro atoms. The number of hydrogen-bond donors (Lipinski definition) is 0. The second-order valence-electron chi connectivity index (χ2n) is 1.35. The molecule has 1 rings (SSSR count). The molecule has 8 heavy (non-hydrogen) atoms. The predicted octanol–water partition coefficient (Wildman–Crippen LogP) is 1.15. The number of carbonyl (C=O) groups excluding carboxylic acids is 2. The fourth-order valence-corrected chi connectivity index (χ4v) is 2.41. The molecule has 0 aliphatic carbocycles. The molecular formula is C4H4O2S2. The van der Waals surface area contributed by atoms with Crippen molar-refractivity contribution in [2.24, 2.45) is 0 Å². The average Bonchev–Trinajstić information content (AvgIpc) is 2.14. The fraction of sp³-hybridized carbons (Fsp3) is 0.500. The lowest BCUT2D eigenvalue weighted by atomic mass is 10.5. The lowest BCUT2D eigenvalue weighted by Gasteiger charge is -1.86. The standard InChI is InChI=1S/C4H4O2S2/c5-1-3-2-7-4(6)8-3/h1,3H,2H2/t3-/m1/s1. The second kappa shape index (κ2) is 2.55. The largest absolute Gasteiger partial charge is 0.302 e. The summed E-state index contributed by atoms with van der Waals surface area (Å²) in [5.41, 5.74) is 0. The Balaban J connectivity index is 2.43. The summed E-state index contributed by atoms with van der Waals surface area (Å²) in [5, 5.41) is -0.0764. The summed E-state index contributed by atoms with van der Waals surface area (Å²) in [6.07, 6.45) is 0.822. The van der Waals surface area contributed by atoms with E-state index < -0.39 is 0 Å². The van der Waals surface area contributed by atoms with Crippen LogP contribution < -0.4 is 0 Å². The van der Waals surface area contributed by atoms with Gasteiger partial charge in [-0.05, 0) is 0 Å². The van der Waals surface area contributed by atoms with Crippen LogP contribution in [0.3, 0.4) is 0 Å². The van der Waals surface area contributed by atoms with Crippen LogP contribution in [0.1, 0.15) is 0 Å². The fourth-order valence-electron chi connectivity index (χ4n) is 0.409. The highest BCUT2D eigenvalue weighted by Gasteiger charge is 2.22. The van der Waals surface area contributed by atoms with Crippen molar-refractivity contribution in [3.05, 3.63) is 0 Å². The first-order valence-electron chi connectivity index (χ1n) is 2.11.